The molecular weight excluding hydrogens is 374 g/mol. The topological polar surface area (TPSA) is 12.0 Å². The van der Waals surface area contributed by atoms with E-state index in [1.807, 2.05) is 0 Å². The second-order valence-corrected chi connectivity index (χ2v) is 9.92. The van der Waals surface area contributed by atoms with Crippen molar-refractivity contribution in [1.82, 2.24) is 0 Å². The fourth-order valence-electron chi connectivity index (χ4n) is 5.56. The maximum atomic E-state index is 3.51. The first-order valence-electron chi connectivity index (χ1n) is 13.1. The van der Waals surface area contributed by atoms with Gasteiger partial charge >= 0.3 is 0 Å². The van der Waals surface area contributed by atoms with Gasteiger partial charge in [-0.25, -0.2) is 0 Å². The number of hydrogen-bond donors (Lipinski definition) is 1. The Morgan fingerprint density at radius 2 is 1.45 bits per heavy atom. The predicted molar refractivity (Wildman–Crippen MR) is 137 cm³/mol. The third kappa shape index (κ3) is 6.86. The van der Waals surface area contributed by atoms with Crippen LogP contribution in [0.1, 0.15) is 107 Å². The molecule has 3 rings (SSSR count). The highest BCUT2D eigenvalue weighted by Crippen LogP contribution is 2.44. The van der Waals surface area contributed by atoms with Gasteiger partial charge in [0, 0.05) is 12.2 Å². The average molecular weight is 420 g/mol. The van der Waals surface area contributed by atoms with Crippen LogP contribution in [0.4, 0.5) is 5.69 Å². The Labute approximate surface area is 192 Å². The Hall–Kier alpha value is -1.76. The normalized spacial score (nSPS) is 15.7. The van der Waals surface area contributed by atoms with E-state index < -0.39 is 0 Å². The van der Waals surface area contributed by atoms with E-state index in [1.165, 1.54) is 93.0 Å². The summed E-state index contributed by atoms with van der Waals surface area (Å²) in [4.78, 5) is 0. The molecular formula is C30H45N. The van der Waals surface area contributed by atoms with E-state index in [2.05, 4.69) is 68.6 Å². The van der Waals surface area contributed by atoms with Gasteiger partial charge in [0.25, 0.3) is 0 Å². The number of hydrogen-bond acceptors (Lipinski definition) is 1. The SMILES string of the molecule is CCCCCC1(c2ccc(CCc3ccc(NCCCC)cc3)cc2C)CCCCC1. The molecule has 0 heterocycles. The van der Waals surface area contributed by atoms with Crippen molar-refractivity contribution in [1.29, 1.82) is 0 Å². The van der Waals surface area contributed by atoms with E-state index in [9.17, 15) is 0 Å². The summed E-state index contributed by atoms with van der Waals surface area (Å²) in [7, 11) is 0. The first kappa shape index (κ1) is 23.9. The van der Waals surface area contributed by atoms with Crippen LogP contribution in [-0.2, 0) is 18.3 Å². The minimum Gasteiger partial charge on any atom is -0.385 e. The fourth-order valence-corrected chi connectivity index (χ4v) is 5.56. The number of nitrogens with one attached hydrogen (secondary N) is 1. The molecule has 0 unspecified atom stereocenters. The summed E-state index contributed by atoms with van der Waals surface area (Å²) in [5.41, 5.74) is 7.83. The lowest BCUT2D eigenvalue weighted by atomic mass is 9.65. The Morgan fingerprint density at radius 3 is 2.13 bits per heavy atom. The van der Waals surface area contributed by atoms with Gasteiger partial charge in [-0.3, -0.25) is 0 Å². The quantitative estimate of drug-likeness (QED) is 0.339. The molecule has 0 atom stereocenters. The van der Waals surface area contributed by atoms with E-state index in [0.29, 0.717) is 5.41 Å². The molecule has 31 heavy (non-hydrogen) atoms. The molecule has 0 saturated heterocycles. The third-order valence-electron chi connectivity index (χ3n) is 7.45. The van der Waals surface area contributed by atoms with Crippen molar-refractivity contribution in [2.24, 2.45) is 0 Å². The summed E-state index contributed by atoms with van der Waals surface area (Å²) in [6.07, 6.45) is 17.3. The first-order valence-corrected chi connectivity index (χ1v) is 13.1. The smallest absolute Gasteiger partial charge is 0.0340 e. The highest BCUT2D eigenvalue weighted by atomic mass is 14.9. The lowest BCUT2D eigenvalue weighted by Crippen LogP contribution is -2.30. The maximum Gasteiger partial charge on any atom is 0.0340 e. The van der Waals surface area contributed by atoms with Gasteiger partial charge in [-0.1, -0.05) is 89.1 Å². The molecule has 1 aliphatic rings. The van der Waals surface area contributed by atoms with Crippen LogP contribution in [0.3, 0.4) is 0 Å². The van der Waals surface area contributed by atoms with Gasteiger partial charge in [0.2, 0.25) is 0 Å². The van der Waals surface area contributed by atoms with Gasteiger partial charge in [-0.15, -0.1) is 0 Å². The zero-order valence-corrected chi connectivity index (χ0v) is 20.4. The van der Waals surface area contributed by atoms with Crippen molar-refractivity contribution in [3.05, 3.63) is 64.7 Å². The van der Waals surface area contributed by atoms with E-state index in [4.69, 9.17) is 0 Å². The summed E-state index contributed by atoms with van der Waals surface area (Å²) >= 11 is 0. The van der Waals surface area contributed by atoms with Crippen molar-refractivity contribution in [3.63, 3.8) is 0 Å². The minimum atomic E-state index is 0.455. The van der Waals surface area contributed by atoms with Crippen molar-refractivity contribution in [3.8, 4) is 0 Å². The molecule has 1 nitrogen and oxygen atoms in total. The molecule has 0 spiro atoms. The van der Waals surface area contributed by atoms with Crippen LogP contribution in [0.25, 0.3) is 0 Å². The van der Waals surface area contributed by atoms with Crippen LogP contribution in [0, 0.1) is 6.92 Å². The van der Waals surface area contributed by atoms with Gasteiger partial charge in [0.05, 0.1) is 0 Å². The number of anilines is 1. The fraction of sp³-hybridized carbons (Fsp3) is 0.600. The van der Waals surface area contributed by atoms with E-state index in [1.54, 1.807) is 5.56 Å². The van der Waals surface area contributed by atoms with Crippen molar-refractivity contribution in [2.45, 2.75) is 110 Å². The summed E-state index contributed by atoms with van der Waals surface area (Å²) in [6, 6.07) is 16.5. The lowest BCUT2D eigenvalue weighted by Gasteiger charge is -2.39. The Kier molecular flexibility index (Phi) is 9.50. The number of rotatable bonds is 12. The van der Waals surface area contributed by atoms with E-state index in [0.717, 1.165) is 19.4 Å². The molecule has 1 N–H and O–H groups in total. The number of benzene rings is 2. The van der Waals surface area contributed by atoms with Crippen molar-refractivity contribution in [2.75, 3.05) is 11.9 Å². The molecule has 0 aromatic heterocycles. The van der Waals surface area contributed by atoms with Gasteiger partial charge in [-0.2, -0.15) is 0 Å². The first-order chi connectivity index (χ1) is 15.2. The molecule has 1 fully saturated rings. The van der Waals surface area contributed by atoms with Crippen molar-refractivity contribution < 1.29 is 0 Å². The summed E-state index contributed by atoms with van der Waals surface area (Å²) < 4.78 is 0. The van der Waals surface area contributed by atoms with Gasteiger partial charge < -0.3 is 5.32 Å². The Bertz CT molecular complexity index is 767. The largest absolute Gasteiger partial charge is 0.385 e. The maximum absolute atomic E-state index is 3.51. The van der Waals surface area contributed by atoms with E-state index >= 15 is 0 Å². The predicted octanol–water partition coefficient (Wildman–Crippen LogP) is 8.77. The molecule has 2 aromatic carbocycles. The molecule has 170 valence electrons. The van der Waals surface area contributed by atoms with Gasteiger partial charge in [-0.05, 0) is 85.3 Å². The standard InChI is InChI=1S/C30H45N/c1-4-6-9-20-30(21-10-8-11-22-30)29-19-16-27(24-25(29)3)13-12-26-14-17-28(18-15-26)31-23-7-5-2/h14-19,24,31H,4-13,20-23H2,1-3H3. The molecule has 1 aliphatic carbocycles. The highest BCUT2D eigenvalue weighted by Gasteiger charge is 2.34. The summed E-state index contributed by atoms with van der Waals surface area (Å²) in [5, 5.41) is 3.51. The monoisotopic (exact) mass is 419 g/mol. The Morgan fingerprint density at radius 1 is 0.774 bits per heavy atom. The number of unbranched alkanes of at least 4 members (excludes halogenated alkanes) is 3. The van der Waals surface area contributed by atoms with Crippen LogP contribution in [-0.4, -0.2) is 6.54 Å². The second kappa shape index (κ2) is 12.3. The van der Waals surface area contributed by atoms with Crippen LogP contribution in [0.15, 0.2) is 42.5 Å². The van der Waals surface area contributed by atoms with Gasteiger partial charge in [0.15, 0.2) is 0 Å². The van der Waals surface area contributed by atoms with Gasteiger partial charge in [0.1, 0.15) is 0 Å². The van der Waals surface area contributed by atoms with Crippen molar-refractivity contribution >= 4 is 5.69 Å². The zero-order chi connectivity index (χ0) is 21.9. The summed E-state index contributed by atoms with van der Waals surface area (Å²) in [6.45, 7) is 8.00. The summed E-state index contributed by atoms with van der Waals surface area (Å²) in [5.74, 6) is 0. The van der Waals surface area contributed by atoms with Crippen LogP contribution in [0.5, 0.6) is 0 Å². The molecule has 0 bridgehead atoms. The molecule has 2 aromatic rings. The minimum absolute atomic E-state index is 0.455. The molecule has 0 radical (unpaired) electrons. The highest BCUT2D eigenvalue weighted by molar-refractivity contribution is 5.45. The molecule has 1 heteroatoms. The second-order valence-electron chi connectivity index (χ2n) is 9.92. The molecule has 0 aliphatic heterocycles. The zero-order valence-electron chi connectivity index (χ0n) is 20.4. The third-order valence-corrected chi connectivity index (χ3v) is 7.45. The number of aryl methyl sites for hydroxylation is 3. The van der Waals surface area contributed by atoms with Crippen LogP contribution in [0.2, 0.25) is 0 Å². The molecule has 0 amide bonds. The van der Waals surface area contributed by atoms with E-state index in [-0.39, 0.29) is 0 Å². The average Bonchev–Trinajstić information content (AvgIpc) is 2.79. The molecule has 1 saturated carbocycles. The Balaban J connectivity index is 1.61. The van der Waals surface area contributed by atoms with Crippen LogP contribution < -0.4 is 5.32 Å². The van der Waals surface area contributed by atoms with Crippen LogP contribution >= 0.6 is 0 Å². The lowest BCUT2D eigenvalue weighted by molar-refractivity contribution is 0.265.